The van der Waals surface area contributed by atoms with Gasteiger partial charge in [-0.3, -0.25) is 4.79 Å². The Bertz CT molecular complexity index is 266. The number of rotatable bonds is 9. The molecule has 0 aliphatic heterocycles. The lowest BCUT2D eigenvalue weighted by molar-refractivity contribution is -0.107. The fourth-order valence-electron chi connectivity index (χ4n) is 0.996. The van der Waals surface area contributed by atoms with Gasteiger partial charge in [0.05, 0.1) is 0 Å². The first kappa shape index (κ1) is 24.5. The van der Waals surface area contributed by atoms with E-state index in [1.807, 2.05) is 31.2 Å². The monoisotopic (exact) mass is 296 g/mol. The maximum absolute atomic E-state index is 9.63. The molecule has 0 amide bonds. The Morgan fingerprint density at radius 1 is 0.810 bits per heavy atom. The molecule has 0 atom stereocenters. The molecule has 0 aromatic carbocycles. The lowest BCUT2D eigenvalue weighted by Gasteiger charge is -1.79. The number of hydrogen-bond donors (Lipinski definition) is 1. The molecule has 0 spiro atoms. The normalized spacial score (nSPS) is 10.1. The lowest BCUT2D eigenvalue weighted by Crippen LogP contribution is -1.73. The summed E-state index contributed by atoms with van der Waals surface area (Å²) in [5, 5.41) is 8.24. The smallest absolute Gasteiger partial charge is 0.142 e. The highest BCUT2D eigenvalue weighted by Crippen LogP contribution is 1.85. The van der Waals surface area contributed by atoms with E-state index in [-0.39, 0.29) is 6.61 Å². The predicted molar refractivity (Wildman–Crippen MR) is 91.4 cm³/mol. The third-order valence-electron chi connectivity index (χ3n) is 2.00. The average Bonchev–Trinajstić information content (AvgIpc) is 2.50. The molecule has 0 heterocycles. The second kappa shape index (κ2) is 31.1. The van der Waals surface area contributed by atoms with Crippen molar-refractivity contribution in [3.05, 3.63) is 36.5 Å². The third kappa shape index (κ3) is 45.7. The van der Waals surface area contributed by atoms with Gasteiger partial charge in [-0.05, 0) is 31.8 Å². The molecule has 3 nitrogen and oxygen atoms in total. The summed E-state index contributed by atoms with van der Waals surface area (Å²) in [5.74, 6) is 0. The average molecular weight is 296 g/mol. The maximum Gasteiger partial charge on any atom is 0.142 e. The number of carbonyl (C=O) groups excluding carboxylic acids is 2. The SMILES string of the molecule is CC/C=C\CC=O.CC/C=C\CCO.CCC/C=C/C=O. The fraction of sp³-hybridized carbons (Fsp3) is 0.556. The second-order valence-corrected chi connectivity index (χ2v) is 4.03. The van der Waals surface area contributed by atoms with E-state index in [0.29, 0.717) is 6.42 Å². The molecular formula is C18H32O3. The fourth-order valence-corrected chi connectivity index (χ4v) is 0.996. The number of hydrogen-bond acceptors (Lipinski definition) is 3. The molecule has 122 valence electrons. The van der Waals surface area contributed by atoms with Crippen molar-refractivity contribution in [1.29, 1.82) is 0 Å². The summed E-state index contributed by atoms with van der Waals surface area (Å²) in [7, 11) is 0. The predicted octanol–water partition coefficient (Wildman–Crippen LogP) is 4.42. The Hall–Kier alpha value is -1.48. The maximum atomic E-state index is 9.63. The molecule has 0 saturated heterocycles. The summed E-state index contributed by atoms with van der Waals surface area (Å²) in [6.45, 7) is 6.47. The van der Waals surface area contributed by atoms with Crippen molar-refractivity contribution >= 4 is 12.6 Å². The lowest BCUT2D eigenvalue weighted by atomic mass is 10.3. The number of aldehydes is 2. The van der Waals surface area contributed by atoms with Gasteiger partial charge in [-0.2, -0.15) is 0 Å². The molecule has 0 rings (SSSR count). The van der Waals surface area contributed by atoms with Gasteiger partial charge in [-0.1, -0.05) is 57.6 Å². The van der Waals surface area contributed by atoms with Crippen LogP contribution in [-0.4, -0.2) is 24.3 Å². The minimum Gasteiger partial charge on any atom is -0.396 e. The number of aliphatic hydroxyl groups is 1. The zero-order valence-corrected chi connectivity index (χ0v) is 13.8. The van der Waals surface area contributed by atoms with Crippen molar-refractivity contribution in [1.82, 2.24) is 0 Å². The van der Waals surface area contributed by atoms with E-state index < -0.39 is 0 Å². The van der Waals surface area contributed by atoms with Gasteiger partial charge in [0, 0.05) is 13.0 Å². The van der Waals surface area contributed by atoms with E-state index in [2.05, 4.69) is 19.9 Å². The first-order valence-corrected chi connectivity index (χ1v) is 7.69. The summed E-state index contributed by atoms with van der Waals surface area (Å²) < 4.78 is 0. The summed E-state index contributed by atoms with van der Waals surface area (Å²) in [6.07, 6.45) is 18.6. The highest BCUT2D eigenvalue weighted by atomic mass is 16.2. The molecule has 0 aromatic heterocycles. The van der Waals surface area contributed by atoms with Crippen LogP contribution >= 0.6 is 0 Å². The van der Waals surface area contributed by atoms with Crippen LogP contribution in [0.1, 0.15) is 59.3 Å². The van der Waals surface area contributed by atoms with Gasteiger partial charge in [0.25, 0.3) is 0 Å². The van der Waals surface area contributed by atoms with E-state index in [9.17, 15) is 9.59 Å². The van der Waals surface area contributed by atoms with Gasteiger partial charge < -0.3 is 9.90 Å². The van der Waals surface area contributed by atoms with Crippen molar-refractivity contribution in [3.63, 3.8) is 0 Å². The van der Waals surface area contributed by atoms with Gasteiger partial charge in [0.1, 0.15) is 12.6 Å². The Balaban J connectivity index is -0.000000231. The molecule has 0 saturated carbocycles. The summed E-state index contributed by atoms with van der Waals surface area (Å²) in [6, 6.07) is 0. The summed E-state index contributed by atoms with van der Waals surface area (Å²) >= 11 is 0. The zero-order chi connectivity index (χ0) is 16.6. The largest absolute Gasteiger partial charge is 0.396 e. The molecule has 0 radical (unpaired) electrons. The molecule has 0 aliphatic carbocycles. The minimum atomic E-state index is 0.274. The first-order chi connectivity index (χ1) is 10.2. The standard InChI is InChI=1S/C6H12O.2C6H10O/c3*1-2-3-4-5-6-7/h3-4,7H,2,5-6H2,1H3;4-6H,2-3H2,1H3;3-4,6H,2,5H2,1H3/b4-3-;5-4+;4-3-. The topological polar surface area (TPSA) is 54.4 Å². The Labute approximate surface area is 130 Å². The number of allylic oxidation sites excluding steroid dienone is 5. The van der Waals surface area contributed by atoms with Crippen LogP contribution in [0.2, 0.25) is 0 Å². The zero-order valence-electron chi connectivity index (χ0n) is 13.8. The van der Waals surface area contributed by atoms with E-state index in [0.717, 1.165) is 44.7 Å². The molecule has 0 aliphatic rings. The Morgan fingerprint density at radius 3 is 1.86 bits per heavy atom. The first-order valence-electron chi connectivity index (χ1n) is 7.69. The molecule has 0 aromatic rings. The number of aliphatic hydroxyl groups excluding tert-OH is 1. The van der Waals surface area contributed by atoms with Gasteiger partial charge >= 0.3 is 0 Å². The van der Waals surface area contributed by atoms with Crippen LogP contribution in [0, 0.1) is 0 Å². The van der Waals surface area contributed by atoms with Gasteiger partial charge in [0.15, 0.2) is 0 Å². The molecule has 0 fully saturated rings. The van der Waals surface area contributed by atoms with E-state index >= 15 is 0 Å². The highest BCUT2D eigenvalue weighted by molar-refractivity contribution is 5.64. The number of unbranched alkanes of at least 4 members (excludes halogenated alkanes) is 1. The summed E-state index contributed by atoms with van der Waals surface area (Å²) in [4.78, 5) is 19.2. The van der Waals surface area contributed by atoms with Crippen LogP contribution in [-0.2, 0) is 9.59 Å². The Morgan fingerprint density at radius 2 is 1.43 bits per heavy atom. The second-order valence-electron chi connectivity index (χ2n) is 4.03. The number of carbonyl (C=O) groups is 2. The molecule has 3 heteroatoms. The van der Waals surface area contributed by atoms with Crippen LogP contribution in [0.4, 0.5) is 0 Å². The van der Waals surface area contributed by atoms with Crippen molar-refractivity contribution in [2.24, 2.45) is 0 Å². The van der Waals surface area contributed by atoms with Crippen molar-refractivity contribution in [2.75, 3.05) is 6.61 Å². The van der Waals surface area contributed by atoms with Crippen LogP contribution < -0.4 is 0 Å². The third-order valence-corrected chi connectivity index (χ3v) is 2.00. The van der Waals surface area contributed by atoms with E-state index in [1.165, 1.54) is 6.08 Å². The molecule has 0 bridgehead atoms. The molecule has 1 N–H and O–H groups in total. The van der Waals surface area contributed by atoms with E-state index in [1.54, 1.807) is 0 Å². The van der Waals surface area contributed by atoms with Crippen LogP contribution in [0.5, 0.6) is 0 Å². The highest BCUT2D eigenvalue weighted by Gasteiger charge is 1.69. The molecule has 0 unspecified atom stereocenters. The van der Waals surface area contributed by atoms with Gasteiger partial charge in [-0.25, -0.2) is 0 Å². The van der Waals surface area contributed by atoms with Crippen LogP contribution in [0.25, 0.3) is 0 Å². The van der Waals surface area contributed by atoms with Crippen LogP contribution in [0.3, 0.4) is 0 Å². The van der Waals surface area contributed by atoms with Gasteiger partial charge in [0.2, 0.25) is 0 Å². The molecule has 21 heavy (non-hydrogen) atoms. The summed E-state index contributed by atoms with van der Waals surface area (Å²) in [5.41, 5.74) is 0. The van der Waals surface area contributed by atoms with E-state index in [4.69, 9.17) is 5.11 Å². The quantitative estimate of drug-likeness (QED) is 0.389. The van der Waals surface area contributed by atoms with Crippen molar-refractivity contribution in [2.45, 2.75) is 59.3 Å². The Kier molecular flexibility index (Phi) is 36.3. The van der Waals surface area contributed by atoms with Crippen molar-refractivity contribution in [3.8, 4) is 0 Å². The molecular weight excluding hydrogens is 264 g/mol. The van der Waals surface area contributed by atoms with Crippen molar-refractivity contribution < 1.29 is 14.7 Å². The minimum absolute atomic E-state index is 0.274. The van der Waals surface area contributed by atoms with Gasteiger partial charge in [-0.15, -0.1) is 0 Å². The van der Waals surface area contributed by atoms with Crippen LogP contribution in [0.15, 0.2) is 36.5 Å².